The summed E-state index contributed by atoms with van der Waals surface area (Å²) in [6.45, 7) is 0.300. The van der Waals surface area contributed by atoms with Crippen LogP contribution in [0.1, 0.15) is 22.5 Å². The van der Waals surface area contributed by atoms with Gasteiger partial charge in [-0.05, 0) is 30.2 Å². The maximum atomic E-state index is 12.0. The molecular formula is C13H14F3N3O. The first-order valence-corrected chi connectivity index (χ1v) is 6.17. The molecule has 0 fully saturated rings. The molecule has 0 unspecified atom stereocenters. The van der Waals surface area contributed by atoms with E-state index in [-0.39, 0.29) is 5.69 Å². The highest BCUT2D eigenvalue weighted by Gasteiger charge is 2.28. The average molecular weight is 285 g/mol. The number of pyridine rings is 1. The van der Waals surface area contributed by atoms with E-state index >= 15 is 0 Å². The zero-order valence-corrected chi connectivity index (χ0v) is 10.6. The molecule has 0 bridgehead atoms. The summed E-state index contributed by atoms with van der Waals surface area (Å²) in [5.41, 5.74) is 1.99. The van der Waals surface area contributed by atoms with Crippen LogP contribution in [0.3, 0.4) is 0 Å². The second kappa shape index (κ2) is 6.04. The van der Waals surface area contributed by atoms with E-state index in [0.29, 0.717) is 0 Å². The first-order valence-electron chi connectivity index (χ1n) is 6.17. The van der Waals surface area contributed by atoms with Crippen molar-refractivity contribution in [3.8, 4) is 0 Å². The maximum absolute atomic E-state index is 12.0. The number of carbonyl (C=O) groups is 1. The molecule has 108 valence electrons. The molecule has 0 radical (unpaired) electrons. The molecule has 1 amide bonds. The van der Waals surface area contributed by atoms with Gasteiger partial charge in [0.05, 0.1) is 0 Å². The second-order valence-corrected chi connectivity index (χ2v) is 4.41. The Hall–Kier alpha value is -1.89. The van der Waals surface area contributed by atoms with Gasteiger partial charge in [0.1, 0.15) is 12.2 Å². The smallest absolute Gasteiger partial charge is 0.342 e. The van der Waals surface area contributed by atoms with Crippen LogP contribution in [0.5, 0.6) is 0 Å². The fourth-order valence-corrected chi connectivity index (χ4v) is 1.87. The highest BCUT2D eigenvalue weighted by Crippen LogP contribution is 2.19. The summed E-state index contributed by atoms with van der Waals surface area (Å²) >= 11 is 0. The summed E-state index contributed by atoms with van der Waals surface area (Å²) < 4.78 is 36.0. The van der Waals surface area contributed by atoms with Crippen molar-refractivity contribution < 1.29 is 18.0 Å². The summed E-state index contributed by atoms with van der Waals surface area (Å²) in [6.07, 6.45) is -0.0135. The van der Waals surface area contributed by atoms with Crippen LogP contribution in [0.15, 0.2) is 24.4 Å². The number of rotatable bonds is 3. The predicted octanol–water partition coefficient (Wildman–Crippen LogP) is 1.75. The number of hydrogen-bond donors (Lipinski definition) is 2. The van der Waals surface area contributed by atoms with E-state index in [2.05, 4.69) is 10.3 Å². The van der Waals surface area contributed by atoms with Gasteiger partial charge in [-0.1, -0.05) is 12.1 Å². The van der Waals surface area contributed by atoms with E-state index < -0.39 is 18.6 Å². The van der Waals surface area contributed by atoms with Crippen molar-refractivity contribution in [2.75, 3.05) is 19.6 Å². The predicted molar refractivity (Wildman–Crippen MR) is 68.1 cm³/mol. The minimum Gasteiger partial charge on any atom is -0.342 e. The molecule has 20 heavy (non-hydrogen) atoms. The molecule has 0 saturated carbocycles. The molecule has 2 rings (SSSR count). The normalized spacial score (nSPS) is 15.7. The van der Waals surface area contributed by atoms with Gasteiger partial charge >= 0.3 is 6.18 Å². The number of aromatic nitrogens is 1. The monoisotopic (exact) mass is 285 g/mol. The van der Waals surface area contributed by atoms with Gasteiger partial charge in [-0.15, -0.1) is 0 Å². The number of carbonyl (C=O) groups excluding carboxylic acids is 1. The van der Waals surface area contributed by atoms with E-state index in [4.69, 9.17) is 0 Å². The Kier molecular flexibility index (Phi) is 4.39. The molecule has 0 spiro atoms. The number of halogens is 3. The van der Waals surface area contributed by atoms with E-state index in [1.54, 1.807) is 11.4 Å². The van der Waals surface area contributed by atoms with Gasteiger partial charge in [-0.2, -0.15) is 13.2 Å². The van der Waals surface area contributed by atoms with Gasteiger partial charge in [0.25, 0.3) is 5.91 Å². The Bertz CT molecular complexity index is 509. The standard InChI is InChI=1S/C13H14F3N3O/c14-13(15,16)8-19-12(20)11-2-1-10(7-18-11)9-3-5-17-6-4-9/h1-3,7,17H,4-6,8H2,(H,19,20). The highest BCUT2D eigenvalue weighted by molar-refractivity contribution is 5.92. The molecule has 1 aliphatic rings. The van der Waals surface area contributed by atoms with Crippen molar-refractivity contribution in [1.82, 2.24) is 15.6 Å². The lowest BCUT2D eigenvalue weighted by Gasteiger charge is -2.14. The lowest BCUT2D eigenvalue weighted by atomic mass is 10.0. The van der Waals surface area contributed by atoms with Crippen molar-refractivity contribution >= 4 is 11.5 Å². The van der Waals surface area contributed by atoms with Gasteiger partial charge in [0, 0.05) is 12.7 Å². The van der Waals surface area contributed by atoms with E-state index in [1.165, 1.54) is 12.3 Å². The molecule has 1 aromatic rings. The minimum absolute atomic E-state index is 0.0208. The summed E-state index contributed by atoms with van der Waals surface area (Å²) in [5.74, 6) is -0.826. The minimum atomic E-state index is -4.42. The third-order valence-corrected chi connectivity index (χ3v) is 2.88. The average Bonchev–Trinajstić information content (AvgIpc) is 2.45. The van der Waals surface area contributed by atoms with Crippen molar-refractivity contribution in [3.05, 3.63) is 35.7 Å². The fraction of sp³-hybridized carbons (Fsp3) is 0.385. The molecule has 1 aliphatic heterocycles. The number of hydrogen-bond acceptors (Lipinski definition) is 3. The molecule has 4 nitrogen and oxygen atoms in total. The molecule has 0 aliphatic carbocycles. The molecule has 0 aromatic carbocycles. The Morgan fingerprint density at radius 3 is 2.75 bits per heavy atom. The van der Waals surface area contributed by atoms with Crippen LogP contribution in [0, 0.1) is 0 Å². The lowest BCUT2D eigenvalue weighted by molar-refractivity contribution is -0.123. The van der Waals surface area contributed by atoms with Gasteiger partial charge in [0.15, 0.2) is 0 Å². The molecule has 2 N–H and O–H groups in total. The van der Waals surface area contributed by atoms with Crippen molar-refractivity contribution in [1.29, 1.82) is 0 Å². The summed E-state index contributed by atoms with van der Waals surface area (Å²) in [7, 11) is 0. The highest BCUT2D eigenvalue weighted by atomic mass is 19.4. The van der Waals surface area contributed by atoms with Gasteiger partial charge in [-0.25, -0.2) is 0 Å². The second-order valence-electron chi connectivity index (χ2n) is 4.41. The van der Waals surface area contributed by atoms with E-state index in [9.17, 15) is 18.0 Å². The van der Waals surface area contributed by atoms with Crippen LogP contribution in [0.25, 0.3) is 5.57 Å². The van der Waals surface area contributed by atoms with Crippen LogP contribution in [0.2, 0.25) is 0 Å². The first kappa shape index (κ1) is 14.5. The molecular weight excluding hydrogens is 271 g/mol. The quantitative estimate of drug-likeness (QED) is 0.889. The largest absolute Gasteiger partial charge is 0.405 e. The number of nitrogens with one attached hydrogen (secondary N) is 2. The van der Waals surface area contributed by atoms with Crippen LogP contribution >= 0.6 is 0 Å². The van der Waals surface area contributed by atoms with Crippen LogP contribution in [-0.2, 0) is 0 Å². The fourth-order valence-electron chi connectivity index (χ4n) is 1.87. The molecule has 1 aromatic heterocycles. The summed E-state index contributed by atoms with van der Waals surface area (Å²) in [6, 6.07) is 3.14. The number of amides is 1. The zero-order chi connectivity index (χ0) is 14.6. The summed E-state index contributed by atoms with van der Waals surface area (Å²) in [4.78, 5) is 15.4. The first-order chi connectivity index (χ1) is 9.46. The lowest BCUT2D eigenvalue weighted by Crippen LogP contribution is -2.34. The van der Waals surface area contributed by atoms with Gasteiger partial charge in [0.2, 0.25) is 0 Å². The Labute approximate surface area is 114 Å². The third kappa shape index (κ3) is 4.06. The Balaban J connectivity index is 2.00. The third-order valence-electron chi connectivity index (χ3n) is 2.88. The molecule has 0 saturated heterocycles. The number of alkyl halides is 3. The molecule has 7 heteroatoms. The van der Waals surface area contributed by atoms with Crippen LogP contribution in [0.4, 0.5) is 13.2 Å². The number of nitrogens with zero attached hydrogens (tertiary/aromatic N) is 1. The van der Waals surface area contributed by atoms with Gasteiger partial charge < -0.3 is 10.6 Å². The maximum Gasteiger partial charge on any atom is 0.405 e. The van der Waals surface area contributed by atoms with Crippen LogP contribution < -0.4 is 10.6 Å². The Morgan fingerprint density at radius 1 is 1.40 bits per heavy atom. The van der Waals surface area contributed by atoms with Crippen molar-refractivity contribution in [2.24, 2.45) is 0 Å². The molecule has 0 atom stereocenters. The zero-order valence-electron chi connectivity index (χ0n) is 10.6. The summed E-state index contributed by atoms with van der Waals surface area (Å²) in [5, 5.41) is 4.96. The van der Waals surface area contributed by atoms with Crippen molar-refractivity contribution in [3.63, 3.8) is 0 Å². The SMILES string of the molecule is O=C(NCC(F)(F)F)c1ccc(C2=CCNCC2)cn1. The molecule has 2 heterocycles. The topological polar surface area (TPSA) is 54.0 Å². The van der Waals surface area contributed by atoms with Gasteiger partial charge in [-0.3, -0.25) is 9.78 Å². The van der Waals surface area contributed by atoms with Crippen molar-refractivity contribution in [2.45, 2.75) is 12.6 Å². The van der Waals surface area contributed by atoms with E-state index in [1.807, 2.05) is 6.08 Å². The Morgan fingerprint density at radius 2 is 2.20 bits per heavy atom. The van der Waals surface area contributed by atoms with E-state index in [0.717, 1.165) is 30.6 Å². The van der Waals surface area contributed by atoms with Crippen LogP contribution in [-0.4, -0.2) is 36.7 Å².